The van der Waals surface area contributed by atoms with E-state index in [0.717, 1.165) is 0 Å². The maximum Gasteiger partial charge on any atom is 0.306 e. The van der Waals surface area contributed by atoms with Crippen LogP contribution in [-0.4, -0.2) is 40.5 Å². The normalized spacial score (nSPS) is 21.9. The van der Waals surface area contributed by atoms with Crippen molar-refractivity contribution in [3.05, 3.63) is 12.4 Å². The Balaban J connectivity index is 1.85. The summed E-state index contributed by atoms with van der Waals surface area (Å²) in [6.07, 6.45) is 4.93. The number of nitrogens with one attached hydrogen (secondary N) is 1. The number of aliphatic carboxylic acids is 1. The molecular weight excluding hydrogens is 262 g/mol. The Hall–Kier alpha value is -1.89. The smallest absolute Gasteiger partial charge is 0.306 e. The van der Waals surface area contributed by atoms with Gasteiger partial charge < -0.3 is 15.2 Å². The van der Waals surface area contributed by atoms with Gasteiger partial charge in [-0.1, -0.05) is 0 Å². The first kappa shape index (κ1) is 14.5. The second-order valence-corrected chi connectivity index (χ2v) is 5.02. The SMILES string of the molecule is COCCn1cc(NC(=O)C2CCC(C(=O)O)C2)cn1. The van der Waals surface area contributed by atoms with Crippen LogP contribution in [-0.2, 0) is 20.9 Å². The van der Waals surface area contributed by atoms with E-state index in [9.17, 15) is 9.59 Å². The van der Waals surface area contributed by atoms with Crippen molar-refractivity contribution in [1.82, 2.24) is 9.78 Å². The molecule has 20 heavy (non-hydrogen) atoms. The molecule has 1 heterocycles. The van der Waals surface area contributed by atoms with Crippen LogP contribution in [0.3, 0.4) is 0 Å². The molecule has 1 saturated carbocycles. The van der Waals surface area contributed by atoms with Crippen LogP contribution in [0.4, 0.5) is 5.69 Å². The Bertz CT molecular complexity index is 486. The quantitative estimate of drug-likeness (QED) is 0.810. The first-order chi connectivity index (χ1) is 9.60. The molecule has 7 heteroatoms. The molecule has 0 radical (unpaired) electrons. The predicted octanol–water partition coefficient (Wildman–Crippen LogP) is 0.969. The first-order valence-corrected chi connectivity index (χ1v) is 6.65. The Morgan fingerprint density at radius 1 is 1.50 bits per heavy atom. The summed E-state index contributed by atoms with van der Waals surface area (Å²) in [5.41, 5.74) is 0.630. The number of hydrogen-bond donors (Lipinski definition) is 2. The zero-order valence-electron chi connectivity index (χ0n) is 11.4. The van der Waals surface area contributed by atoms with Crippen molar-refractivity contribution in [3.8, 4) is 0 Å². The van der Waals surface area contributed by atoms with Crippen LogP contribution in [0.25, 0.3) is 0 Å². The van der Waals surface area contributed by atoms with Crippen LogP contribution < -0.4 is 5.32 Å². The lowest BCUT2D eigenvalue weighted by molar-refractivity contribution is -0.141. The summed E-state index contributed by atoms with van der Waals surface area (Å²) in [6, 6.07) is 0. The van der Waals surface area contributed by atoms with Crippen molar-refractivity contribution in [3.63, 3.8) is 0 Å². The number of rotatable bonds is 6. The number of anilines is 1. The van der Waals surface area contributed by atoms with E-state index in [4.69, 9.17) is 9.84 Å². The molecule has 2 unspecified atom stereocenters. The topological polar surface area (TPSA) is 93.5 Å². The van der Waals surface area contributed by atoms with E-state index in [2.05, 4.69) is 10.4 Å². The fourth-order valence-electron chi connectivity index (χ4n) is 2.42. The summed E-state index contributed by atoms with van der Waals surface area (Å²) in [5.74, 6) is -1.55. The van der Waals surface area contributed by atoms with E-state index in [-0.39, 0.29) is 11.8 Å². The lowest BCUT2D eigenvalue weighted by Crippen LogP contribution is -2.21. The van der Waals surface area contributed by atoms with E-state index >= 15 is 0 Å². The molecule has 2 rings (SSSR count). The number of amides is 1. The number of carboxylic acids is 1. The highest BCUT2D eigenvalue weighted by atomic mass is 16.5. The van der Waals surface area contributed by atoms with Crippen LogP contribution >= 0.6 is 0 Å². The summed E-state index contributed by atoms with van der Waals surface area (Å²) in [4.78, 5) is 22.9. The third-order valence-electron chi connectivity index (χ3n) is 3.58. The van der Waals surface area contributed by atoms with Crippen molar-refractivity contribution < 1.29 is 19.4 Å². The highest BCUT2D eigenvalue weighted by molar-refractivity contribution is 5.93. The number of nitrogens with zero attached hydrogens (tertiary/aromatic N) is 2. The van der Waals surface area contributed by atoms with Gasteiger partial charge in [0.2, 0.25) is 5.91 Å². The van der Waals surface area contributed by atoms with Gasteiger partial charge in [-0.25, -0.2) is 0 Å². The maximum absolute atomic E-state index is 12.0. The van der Waals surface area contributed by atoms with Crippen LogP contribution in [0.5, 0.6) is 0 Å². The Labute approximate surface area is 116 Å². The van der Waals surface area contributed by atoms with Gasteiger partial charge in [-0.3, -0.25) is 14.3 Å². The van der Waals surface area contributed by atoms with Gasteiger partial charge in [0.25, 0.3) is 0 Å². The number of aromatic nitrogens is 2. The summed E-state index contributed by atoms with van der Waals surface area (Å²) >= 11 is 0. The van der Waals surface area contributed by atoms with Gasteiger partial charge >= 0.3 is 5.97 Å². The second kappa shape index (κ2) is 6.51. The van der Waals surface area contributed by atoms with Gasteiger partial charge in [0.1, 0.15) is 0 Å². The van der Waals surface area contributed by atoms with E-state index in [1.54, 1.807) is 24.2 Å². The van der Waals surface area contributed by atoms with Crippen LogP contribution in [0.1, 0.15) is 19.3 Å². The Morgan fingerprint density at radius 2 is 2.25 bits per heavy atom. The van der Waals surface area contributed by atoms with Crippen molar-refractivity contribution >= 4 is 17.6 Å². The zero-order valence-corrected chi connectivity index (χ0v) is 11.4. The average molecular weight is 281 g/mol. The predicted molar refractivity (Wildman–Crippen MR) is 71.2 cm³/mol. The van der Waals surface area contributed by atoms with Crippen LogP contribution in [0.2, 0.25) is 0 Å². The molecule has 0 bridgehead atoms. The second-order valence-electron chi connectivity index (χ2n) is 5.02. The minimum Gasteiger partial charge on any atom is -0.481 e. The van der Waals surface area contributed by atoms with Gasteiger partial charge in [0.15, 0.2) is 0 Å². The molecule has 1 aliphatic rings. The van der Waals surface area contributed by atoms with Gasteiger partial charge in [0.05, 0.1) is 31.0 Å². The van der Waals surface area contributed by atoms with E-state index in [0.29, 0.717) is 38.1 Å². The Kier molecular flexibility index (Phi) is 4.73. The molecule has 1 aromatic rings. The van der Waals surface area contributed by atoms with Crippen molar-refractivity contribution in [1.29, 1.82) is 0 Å². The fraction of sp³-hybridized carbons (Fsp3) is 0.615. The van der Waals surface area contributed by atoms with Gasteiger partial charge in [-0.2, -0.15) is 5.10 Å². The number of carbonyl (C=O) groups excluding carboxylic acids is 1. The van der Waals surface area contributed by atoms with Gasteiger partial charge in [-0.05, 0) is 19.3 Å². The molecule has 0 spiro atoms. The maximum atomic E-state index is 12.0. The highest BCUT2D eigenvalue weighted by Crippen LogP contribution is 2.31. The molecule has 1 aromatic heterocycles. The summed E-state index contributed by atoms with van der Waals surface area (Å²) < 4.78 is 6.64. The van der Waals surface area contributed by atoms with Gasteiger partial charge in [0, 0.05) is 19.2 Å². The zero-order chi connectivity index (χ0) is 14.5. The minimum absolute atomic E-state index is 0.125. The van der Waals surface area contributed by atoms with E-state index in [1.807, 2.05) is 0 Å². The monoisotopic (exact) mass is 281 g/mol. The molecular formula is C13H19N3O4. The lowest BCUT2D eigenvalue weighted by atomic mass is 10.0. The largest absolute Gasteiger partial charge is 0.481 e. The number of carboxylic acid groups (broad SMARTS) is 1. The number of methoxy groups -OCH3 is 1. The summed E-state index contributed by atoms with van der Waals surface area (Å²) in [5, 5.41) is 15.8. The molecule has 110 valence electrons. The molecule has 2 atom stereocenters. The molecule has 1 amide bonds. The Morgan fingerprint density at radius 3 is 2.90 bits per heavy atom. The molecule has 0 saturated heterocycles. The number of hydrogen-bond acceptors (Lipinski definition) is 4. The van der Waals surface area contributed by atoms with Crippen LogP contribution in [0, 0.1) is 11.8 Å². The standard InChI is InChI=1S/C13H19N3O4/c1-20-5-4-16-8-11(7-14-16)15-12(17)9-2-3-10(6-9)13(18)19/h7-10H,2-6H2,1H3,(H,15,17)(H,18,19). The minimum atomic E-state index is -0.812. The highest BCUT2D eigenvalue weighted by Gasteiger charge is 2.33. The van der Waals surface area contributed by atoms with E-state index < -0.39 is 11.9 Å². The van der Waals surface area contributed by atoms with Crippen LogP contribution in [0.15, 0.2) is 12.4 Å². The average Bonchev–Trinajstić information content (AvgIpc) is 3.05. The number of carbonyl (C=O) groups is 2. The van der Waals surface area contributed by atoms with Gasteiger partial charge in [-0.15, -0.1) is 0 Å². The summed E-state index contributed by atoms with van der Waals surface area (Å²) in [7, 11) is 1.62. The first-order valence-electron chi connectivity index (χ1n) is 6.65. The third kappa shape index (κ3) is 3.57. The van der Waals surface area contributed by atoms with E-state index in [1.165, 1.54) is 0 Å². The third-order valence-corrected chi connectivity index (χ3v) is 3.58. The van der Waals surface area contributed by atoms with Crippen molar-refractivity contribution in [2.24, 2.45) is 11.8 Å². The molecule has 0 aliphatic heterocycles. The van der Waals surface area contributed by atoms with Crippen molar-refractivity contribution in [2.75, 3.05) is 19.0 Å². The lowest BCUT2D eigenvalue weighted by Gasteiger charge is -2.09. The number of ether oxygens (including phenoxy) is 1. The molecule has 0 aromatic carbocycles. The molecule has 1 fully saturated rings. The molecule has 7 nitrogen and oxygen atoms in total. The van der Waals surface area contributed by atoms with Crippen molar-refractivity contribution in [2.45, 2.75) is 25.8 Å². The molecule has 2 N–H and O–H groups in total. The molecule has 1 aliphatic carbocycles. The fourth-order valence-corrected chi connectivity index (χ4v) is 2.42. The summed E-state index contributed by atoms with van der Waals surface area (Å²) in [6.45, 7) is 1.18.